The maximum Gasteiger partial charge on any atom is 0.416 e. The van der Waals surface area contributed by atoms with Gasteiger partial charge in [-0.15, -0.1) is 10.2 Å². The highest BCUT2D eigenvalue weighted by molar-refractivity contribution is 5.54. The van der Waals surface area contributed by atoms with Gasteiger partial charge >= 0.3 is 6.18 Å². The normalized spacial score (nSPS) is 11.5. The summed E-state index contributed by atoms with van der Waals surface area (Å²) in [4.78, 5) is 11.8. The lowest BCUT2D eigenvalue weighted by Gasteiger charge is -2.06. The van der Waals surface area contributed by atoms with E-state index in [1.807, 2.05) is 0 Å². The molecule has 0 saturated heterocycles. The molecule has 0 bridgehead atoms. The van der Waals surface area contributed by atoms with Crippen LogP contribution in [0.5, 0.6) is 0 Å². The Morgan fingerprint density at radius 3 is 2.46 bits per heavy atom. The molecule has 0 saturated carbocycles. The van der Waals surface area contributed by atoms with Crippen LogP contribution in [0.2, 0.25) is 0 Å². The van der Waals surface area contributed by atoms with Gasteiger partial charge in [-0.1, -0.05) is 24.3 Å². The number of tetrazole rings is 1. The van der Waals surface area contributed by atoms with E-state index in [0.717, 1.165) is 12.1 Å². The first kappa shape index (κ1) is 17.5. The van der Waals surface area contributed by atoms with Crippen LogP contribution >= 0.6 is 0 Å². The van der Waals surface area contributed by atoms with E-state index in [2.05, 4.69) is 15.4 Å². The molecule has 1 heterocycles. The van der Waals surface area contributed by atoms with Crippen molar-refractivity contribution in [2.75, 3.05) is 0 Å². The quantitative estimate of drug-likeness (QED) is 0.522. The Morgan fingerprint density at radius 1 is 1.15 bits per heavy atom. The van der Waals surface area contributed by atoms with Gasteiger partial charge in [-0.05, 0) is 29.8 Å². The molecule has 0 unspecified atom stereocenters. The van der Waals surface area contributed by atoms with Crippen molar-refractivity contribution in [2.45, 2.75) is 19.6 Å². The molecule has 0 atom stereocenters. The molecule has 26 heavy (non-hydrogen) atoms. The Morgan fingerprint density at radius 2 is 1.85 bits per heavy atom. The van der Waals surface area contributed by atoms with Crippen LogP contribution < -0.4 is 0 Å². The maximum atomic E-state index is 12.6. The van der Waals surface area contributed by atoms with Crippen molar-refractivity contribution in [1.82, 2.24) is 20.2 Å². The molecule has 0 aliphatic carbocycles. The average Bonchev–Trinajstić information content (AvgIpc) is 3.04. The molecule has 2 aromatic carbocycles. The van der Waals surface area contributed by atoms with E-state index in [0.29, 0.717) is 16.7 Å². The van der Waals surface area contributed by atoms with Gasteiger partial charge in [0.05, 0.1) is 17.0 Å². The first-order chi connectivity index (χ1) is 12.3. The second kappa shape index (κ2) is 6.54. The second-order valence-electron chi connectivity index (χ2n) is 5.54. The van der Waals surface area contributed by atoms with Gasteiger partial charge in [0.25, 0.3) is 5.69 Å². The minimum atomic E-state index is -4.41. The lowest BCUT2D eigenvalue weighted by molar-refractivity contribution is -0.385. The molecular weight excluding hydrogens is 351 g/mol. The third kappa shape index (κ3) is 3.53. The van der Waals surface area contributed by atoms with Crippen LogP contribution in [0, 0.1) is 17.0 Å². The Labute approximate surface area is 145 Å². The predicted molar refractivity (Wildman–Crippen MR) is 85.2 cm³/mol. The van der Waals surface area contributed by atoms with E-state index in [1.54, 1.807) is 19.1 Å². The first-order valence-electron chi connectivity index (χ1n) is 7.44. The van der Waals surface area contributed by atoms with Crippen molar-refractivity contribution in [3.63, 3.8) is 0 Å². The summed E-state index contributed by atoms with van der Waals surface area (Å²) >= 11 is 0. The molecule has 0 N–H and O–H groups in total. The molecule has 0 amide bonds. The third-order valence-electron chi connectivity index (χ3n) is 3.85. The summed E-state index contributed by atoms with van der Waals surface area (Å²) in [5, 5.41) is 22.8. The van der Waals surface area contributed by atoms with Gasteiger partial charge < -0.3 is 0 Å². The monoisotopic (exact) mass is 363 g/mol. The molecular formula is C16H12F3N5O2. The van der Waals surface area contributed by atoms with E-state index < -0.39 is 16.7 Å². The molecule has 0 fully saturated rings. The summed E-state index contributed by atoms with van der Waals surface area (Å²) in [5.41, 5.74) is 0.757. The zero-order valence-electron chi connectivity index (χ0n) is 13.4. The van der Waals surface area contributed by atoms with Crippen LogP contribution in [-0.4, -0.2) is 25.1 Å². The summed E-state index contributed by atoms with van der Waals surface area (Å²) in [6.07, 6.45) is -4.41. The lowest BCUT2D eigenvalue weighted by atomic mass is 10.1. The number of alkyl halides is 3. The summed E-state index contributed by atoms with van der Waals surface area (Å²) in [6.45, 7) is 1.78. The number of halogens is 3. The number of rotatable bonds is 4. The lowest BCUT2D eigenvalue weighted by Crippen LogP contribution is -2.06. The largest absolute Gasteiger partial charge is 0.416 e. The zero-order valence-corrected chi connectivity index (χ0v) is 13.4. The highest BCUT2D eigenvalue weighted by atomic mass is 19.4. The molecule has 0 aliphatic heterocycles. The molecule has 0 spiro atoms. The minimum absolute atomic E-state index is 0.00872. The Bertz CT molecular complexity index is 951. The smallest absolute Gasteiger partial charge is 0.258 e. The van der Waals surface area contributed by atoms with Crippen LogP contribution in [0.4, 0.5) is 18.9 Å². The molecule has 10 heteroatoms. The van der Waals surface area contributed by atoms with Crippen LogP contribution in [0.1, 0.15) is 16.7 Å². The molecule has 0 aliphatic rings. The van der Waals surface area contributed by atoms with Gasteiger partial charge in [0.2, 0.25) is 5.82 Å². The number of nitro benzene ring substituents is 1. The number of nitro groups is 1. The van der Waals surface area contributed by atoms with E-state index in [-0.39, 0.29) is 18.1 Å². The summed E-state index contributed by atoms with van der Waals surface area (Å²) in [6, 6.07) is 9.10. The fourth-order valence-corrected chi connectivity index (χ4v) is 2.43. The number of hydrogen-bond acceptors (Lipinski definition) is 5. The SMILES string of the molecule is Cc1c(Cn2nnc(-c3ccc(C(F)(F)F)cc3)n2)cccc1[N+](=O)[O-]. The van der Waals surface area contributed by atoms with Gasteiger partial charge in [0.15, 0.2) is 0 Å². The summed E-state index contributed by atoms with van der Waals surface area (Å²) in [5.74, 6) is 0.168. The predicted octanol–water partition coefficient (Wildman–Crippen LogP) is 3.62. The van der Waals surface area contributed by atoms with Gasteiger partial charge in [-0.2, -0.15) is 18.0 Å². The van der Waals surface area contributed by atoms with Crippen molar-refractivity contribution in [2.24, 2.45) is 0 Å². The van der Waals surface area contributed by atoms with E-state index in [4.69, 9.17) is 0 Å². The number of nitrogens with zero attached hydrogens (tertiary/aromatic N) is 5. The number of benzene rings is 2. The van der Waals surface area contributed by atoms with E-state index in [9.17, 15) is 23.3 Å². The molecule has 1 aromatic heterocycles. The Hall–Kier alpha value is -3.30. The van der Waals surface area contributed by atoms with Crippen molar-refractivity contribution in [3.8, 4) is 11.4 Å². The topological polar surface area (TPSA) is 86.7 Å². The maximum absolute atomic E-state index is 12.6. The third-order valence-corrected chi connectivity index (χ3v) is 3.85. The minimum Gasteiger partial charge on any atom is -0.258 e. The van der Waals surface area contributed by atoms with Crippen molar-refractivity contribution in [3.05, 3.63) is 69.3 Å². The average molecular weight is 363 g/mol. The van der Waals surface area contributed by atoms with Crippen LogP contribution in [-0.2, 0) is 12.7 Å². The fraction of sp³-hybridized carbons (Fsp3) is 0.188. The van der Waals surface area contributed by atoms with E-state index in [1.165, 1.54) is 23.0 Å². The molecule has 3 aromatic rings. The van der Waals surface area contributed by atoms with Crippen molar-refractivity contribution in [1.29, 1.82) is 0 Å². The van der Waals surface area contributed by atoms with Gasteiger partial charge in [0, 0.05) is 17.2 Å². The van der Waals surface area contributed by atoms with Gasteiger partial charge in [-0.25, -0.2) is 0 Å². The van der Waals surface area contributed by atoms with Gasteiger partial charge in [0.1, 0.15) is 0 Å². The van der Waals surface area contributed by atoms with Crippen LogP contribution in [0.15, 0.2) is 42.5 Å². The number of aromatic nitrogens is 4. The summed E-state index contributed by atoms with van der Waals surface area (Å²) < 4.78 is 37.8. The molecule has 134 valence electrons. The van der Waals surface area contributed by atoms with Crippen molar-refractivity contribution >= 4 is 5.69 Å². The second-order valence-corrected chi connectivity index (χ2v) is 5.54. The van der Waals surface area contributed by atoms with Gasteiger partial charge in [-0.3, -0.25) is 10.1 Å². The molecule has 3 rings (SSSR count). The number of hydrogen-bond donors (Lipinski definition) is 0. The molecule has 0 radical (unpaired) electrons. The highest BCUT2D eigenvalue weighted by Crippen LogP contribution is 2.30. The Balaban J connectivity index is 1.83. The Kier molecular flexibility index (Phi) is 4.41. The van der Waals surface area contributed by atoms with Crippen LogP contribution in [0.3, 0.4) is 0 Å². The molecule has 7 nitrogen and oxygen atoms in total. The summed E-state index contributed by atoms with van der Waals surface area (Å²) in [7, 11) is 0. The fourth-order valence-electron chi connectivity index (χ4n) is 2.43. The van der Waals surface area contributed by atoms with Crippen LogP contribution in [0.25, 0.3) is 11.4 Å². The zero-order chi connectivity index (χ0) is 18.9. The first-order valence-corrected chi connectivity index (χ1v) is 7.44. The van der Waals surface area contributed by atoms with Crippen molar-refractivity contribution < 1.29 is 18.1 Å². The highest BCUT2D eigenvalue weighted by Gasteiger charge is 2.30. The standard InChI is InChI=1S/C16H12F3N5O2/c1-10-12(3-2-4-14(10)24(25)26)9-23-21-15(20-22-23)11-5-7-13(8-6-11)16(17,18)19/h2-8H,9H2,1H3. The van der Waals surface area contributed by atoms with E-state index >= 15 is 0 Å².